The fourth-order valence-electron chi connectivity index (χ4n) is 9.38. The van der Waals surface area contributed by atoms with Gasteiger partial charge in [-0.3, -0.25) is 9.59 Å². The van der Waals surface area contributed by atoms with Crippen molar-refractivity contribution in [1.29, 1.82) is 0 Å². The second kappa shape index (κ2) is 9.41. The van der Waals surface area contributed by atoms with Crippen LogP contribution in [0.4, 0.5) is 0 Å². The van der Waals surface area contributed by atoms with Gasteiger partial charge in [-0.05, 0) is 75.7 Å². The molecule has 0 aromatic rings. The smallest absolute Gasteiger partial charge is 0.316 e. The Labute approximate surface area is 222 Å². The van der Waals surface area contributed by atoms with E-state index < -0.39 is 23.0 Å². The Balaban J connectivity index is 1.39. The van der Waals surface area contributed by atoms with Crippen LogP contribution in [0.2, 0.25) is 0 Å². The van der Waals surface area contributed by atoms with Gasteiger partial charge in [-0.1, -0.05) is 33.8 Å². The first-order valence-electron chi connectivity index (χ1n) is 14.3. The number of carbonyl (C=O) groups is 2. The van der Waals surface area contributed by atoms with Crippen LogP contribution < -0.4 is 0 Å². The van der Waals surface area contributed by atoms with Gasteiger partial charge in [0.25, 0.3) is 0 Å². The number of ether oxygens (including phenoxy) is 1. The van der Waals surface area contributed by atoms with Crippen LogP contribution in [0.1, 0.15) is 85.5 Å². The second-order valence-corrected chi connectivity index (χ2v) is 14.8. The Morgan fingerprint density at radius 1 is 1.19 bits per heavy atom. The molecule has 3 saturated carbocycles. The lowest BCUT2D eigenvalue weighted by molar-refractivity contribution is -0.205. The zero-order valence-electron chi connectivity index (χ0n) is 23.0. The molecular formula is C30H47NO4S. The molecule has 4 bridgehead atoms. The maximum absolute atomic E-state index is 13.5. The van der Waals surface area contributed by atoms with Gasteiger partial charge in [-0.15, -0.1) is 18.3 Å². The fourth-order valence-corrected chi connectivity index (χ4v) is 10.5. The van der Waals surface area contributed by atoms with Gasteiger partial charge < -0.3 is 14.7 Å². The predicted octanol–water partition coefficient (Wildman–Crippen LogP) is 5.25. The Bertz CT molecular complexity index is 895. The molecule has 5 nitrogen and oxygen atoms in total. The van der Waals surface area contributed by atoms with Crippen LogP contribution >= 0.6 is 11.8 Å². The average Bonchev–Trinajstić information content (AvgIpc) is 3.28. The summed E-state index contributed by atoms with van der Waals surface area (Å²) in [6.07, 6.45) is 9.58. The molecule has 7 unspecified atom stereocenters. The van der Waals surface area contributed by atoms with Crippen LogP contribution in [0.3, 0.4) is 0 Å². The number of ketones is 1. The first kappa shape index (κ1) is 26.7. The van der Waals surface area contributed by atoms with Gasteiger partial charge >= 0.3 is 5.97 Å². The number of aliphatic hydroxyl groups is 1. The van der Waals surface area contributed by atoms with Gasteiger partial charge in [0.2, 0.25) is 0 Å². The van der Waals surface area contributed by atoms with E-state index in [2.05, 4.69) is 46.2 Å². The molecule has 3 aliphatic carbocycles. The molecule has 5 aliphatic rings. The highest BCUT2D eigenvalue weighted by Gasteiger charge is 2.68. The number of piperidine rings is 1. The maximum atomic E-state index is 13.5. The number of aliphatic hydroxyl groups excluding tert-OH is 1. The molecule has 0 aromatic carbocycles. The van der Waals surface area contributed by atoms with E-state index in [1.165, 1.54) is 12.8 Å². The number of rotatable bonds is 5. The number of Topliss-reactive ketones (excluding diaryl/α,β-unsaturated/α-hetero) is 1. The topological polar surface area (TPSA) is 66.8 Å². The maximum Gasteiger partial charge on any atom is 0.316 e. The van der Waals surface area contributed by atoms with Crippen LogP contribution in [-0.4, -0.2) is 64.1 Å². The summed E-state index contributed by atoms with van der Waals surface area (Å²) in [6, 6.07) is 1.31. The summed E-state index contributed by atoms with van der Waals surface area (Å²) in [6.45, 7) is 12.8. The quantitative estimate of drug-likeness (QED) is 0.397. The lowest BCUT2D eigenvalue weighted by Crippen LogP contribution is -2.63. The molecule has 36 heavy (non-hydrogen) atoms. The third-order valence-corrected chi connectivity index (χ3v) is 13.3. The van der Waals surface area contributed by atoms with Crippen LogP contribution in [0.5, 0.6) is 0 Å². The van der Waals surface area contributed by atoms with Crippen molar-refractivity contribution in [1.82, 2.24) is 4.90 Å². The molecule has 5 rings (SSSR count). The lowest BCUT2D eigenvalue weighted by atomic mass is 9.44. The monoisotopic (exact) mass is 517 g/mol. The van der Waals surface area contributed by atoms with Crippen molar-refractivity contribution >= 4 is 23.5 Å². The predicted molar refractivity (Wildman–Crippen MR) is 145 cm³/mol. The minimum absolute atomic E-state index is 0.00390. The minimum Gasteiger partial charge on any atom is -0.461 e. The van der Waals surface area contributed by atoms with Gasteiger partial charge in [-0.2, -0.15) is 0 Å². The van der Waals surface area contributed by atoms with Crippen LogP contribution in [-0.2, 0) is 14.3 Å². The van der Waals surface area contributed by atoms with Crippen LogP contribution in [0.15, 0.2) is 12.7 Å². The Hall–Kier alpha value is -0.850. The number of fused-ring (bicyclic) bond motifs is 2. The average molecular weight is 518 g/mol. The summed E-state index contributed by atoms with van der Waals surface area (Å²) in [5.74, 6) is 0.605. The van der Waals surface area contributed by atoms with Crippen molar-refractivity contribution < 1.29 is 19.4 Å². The SMILES string of the molecule is C=C[C@]1(C)CC(OC(=O)CSC2CC3CCC(C2)N3C)[C@]2(C)C(C)CC[C@]3(CCC(=O)C32)C(C)C1O. The van der Waals surface area contributed by atoms with Gasteiger partial charge in [0.1, 0.15) is 11.9 Å². The van der Waals surface area contributed by atoms with Crippen molar-refractivity contribution in [2.45, 2.75) is 115 Å². The molecule has 2 saturated heterocycles. The summed E-state index contributed by atoms with van der Waals surface area (Å²) >= 11 is 1.76. The molecular weight excluding hydrogens is 470 g/mol. The molecule has 1 N–H and O–H groups in total. The molecule has 0 aromatic heterocycles. The van der Waals surface area contributed by atoms with Crippen molar-refractivity contribution in [3.63, 3.8) is 0 Å². The molecule has 5 fully saturated rings. The van der Waals surface area contributed by atoms with Crippen molar-refractivity contribution in [2.75, 3.05) is 12.8 Å². The van der Waals surface area contributed by atoms with Gasteiger partial charge in [0.05, 0.1) is 11.9 Å². The summed E-state index contributed by atoms with van der Waals surface area (Å²) in [4.78, 5) is 29.4. The summed E-state index contributed by atoms with van der Waals surface area (Å²) in [7, 11) is 2.24. The number of hydrogen-bond acceptors (Lipinski definition) is 6. The molecule has 6 heteroatoms. The van der Waals surface area contributed by atoms with Gasteiger partial charge in [0.15, 0.2) is 0 Å². The van der Waals surface area contributed by atoms with E-state index in [0.29, 0.717) is 41.7 Å². The molecule has 10 atom stereocenters. The highest BCUT2D eigenvalue weighted by Crippen LogP contribution is 2.68. The standard InChI is InChI=1S/C30H47NO4S/c1-7-28(4)16-24(35-25(33)17-36-22-14-20-8-9-21(15-22)31(20)6)29(5)18(2)10-12-30(19(3)27(28)34)13-11-23(32)26(29)30/h7,18-22,24,26-27,34H,1,8-17H2,2-6H3/t18?,19?,20?,21?,22?,24?,26?,27?,28-,29+,30+/m1/s1. The highest BCUT2D eigenvalue weighted by atomic mass is 32.2. The van der Waals surface area contributed by atoms with E-state index in [1.54, 1.807) is 11.8 Å². The Morgan fingerprint density at radius 2 is 1.86 bits per heavy atom. The van der Waals surface area contributed by atoms with Gasteiger partial charge in [0, 0.05) is 40.5 Å². The zero-order chi connectivity index (χ0) is 26.0. The van der Waals surface area contributed by atoms with Crippen LogP contribution in [0.25, 0.3) is 0 Å². The normalized spacial score (nSPS) is 50.8. The van der Waals surface area contributed by atoms with E-state index in [9.17, 15) is 14.7 Å². The molecule has 2 aliphatic heterocycles. The van der Waals surface area contributed by atoms with Crippen molar-refractivity contribution in [2.24, 2.45) is 34.0 Å². The first-order chi connectivity index (χ1) is 17.0. The zero-order valence-corrected chi connectivity index (χ0v) is 23.8. The molecule has 0 spiro atoms. The summed E-state index contributed by atoms with van der Waals surface area (Å²) in [5.41, 5.74) is -1.24. The fraction of sp³-hybridized carbons (Fsp3) is 0.867. The van der Waals surface area contributed by atoms with Gasteiger partial charge in [-0.25, -0.2) is 0 Å². The molecule has 0 amide bonds. The van der Waals surface area contributed by atoms with E-state index in [-0.39, 0.29) is 29.1 Å². The van der Waals surface area contributed by atoms with Crippen molar-refractivity contribution in [3.05, 3.63) is 12.7 Å². The van der Waals surface area contributed by atoms with E-state index >= 15 is 0 Å². The Morgan fingerprint density at radius 3 is 2.50 bits per heavy atom. The summed E-state index contributed by atoms with van der Waals surface area (Å²) < 4.78 is 6.42. The number of thioether (sulfide) groups is 1. The van der Waals surface area contributed by atoms with Crippen LogP contribution in [0, 0.1) is 34.0 Å². The van der Waals surface area contributed by atoms with Crippen molar-refractivity contribution in [3.8, 4) is 0 Å². The number of hydrogen-bond donors (Lipinski definition) is 1. The first-order valence-corrected chi connectivity index (χ1v) is 15.4. The number of nitrogens with zero attached hydrogens (tertiary/aromatic N) is 1. The lowest BCUT2D eigenvalue weighted by Gasteiger charge is -2.61. The van der Waals surface area contributed by atoms with E-state index in [4.69, 9.17) is 4.74 Å². The largest absolute Gasteiger partial charge is 0.461 e. The molecule has 2 heterocycles. The third-order valence-electron chi connectivity index (χ3n) is 12.1. The van der Waals surface area contributed by atoms with E-state index in [1.807, 2.05) is 6.08 Å². The number of esters is 1. The minimum atomic E-state index is -0.619. The second-order valence-electron chi connectivity index (χ2n) is 13.5. The van der Waals surface area contributed by atoms with E-state index in [0.717, 1.165) is 32.1 Å². The summed E-state index contributed by atoms with van der Waals surface area (Å²) in [5, 5.41) is 12.2. The molecule has 202 valence electrons. The molecule has 0 radical (unpaired) electrons. The third kappa shape index (κ3) is 3.95. The highest BCUT2D eigenvalue weighted by molar-refractivity contribution is 8.00. The number of carbonyl (C=O) groups excluding carboxylic acids is 2. The Kier molecular flexibility index (Phi) is 6.99.